The zero-order valence-corrected chi connectivity index (χ0v) is 40.5. The lowest BCUT2D eigenvalue weighted by Crippen LogP contribution is -2.46. The predicted octanol–water partition coefficient (Wildman–Crippen LogP) is 10.9. The maximum atomic E-state index is 12.6. The van der Waals surface area contributed by atoms with Gasteiger partial charge in [-0.3, -0.25) is 28.9 Å². The first-order valence-corrected chi connectivity index (χ1v) is 28.0. The van der Waals surface area contributed by atoms with Crippen molar-refractivity contribution in [3.05, 3.63) is 0 Å². The summed E-state index contributed by atoms with van der Waals surface area (Å²) in [5.74, 6) is -0.936. The number of hydrogen-bond donors (Lipinski definition) is 3. The standard InChI is InChI=1S/C44H82N2O10S4/c1-3-5-7-9-11-13-15-17-19-23-33-57-59-35-31-55-42(51)26-29-45(28-22-21-25-39(44(53)54)46(37-40(47)48)38-41(49)50)30-27-43(52)56-32-36-60-58-34-24-20-18-16-14-12-10-8-6-4-2/h39H,3-38H2,1-2H3,(H,47,48)(H,49,50)(H,53,54). The van der Waals surface area contributed by atoms with E-state index in [2.05, 4.69) is 13.8 Å². The number of carboxylic acid groups (broad SMARTS) is 3. The van der Waals surface area contributed by atoms with Crippen LogP contribution in [0.5, 0.6) is 0 Å². The van der Waals surface area contributed by atoms with Gasteiger partial charge in [-0.25, -0.2) is 0 Å². The molecule has 0 aromatic rings. The Morgan fingerprint density at radius 1 is 0.467 bits per heavy atom. The van der Waals surface area contributed by atoms with E-state index in [9.17, 15) is 39.3 Å². The van der Waals surface area contributed by atoms with Gasteiger partial charge in [-0.15, -0.1) is 0 Å². The molecule has 0 aromatic carbocycles. The molecule has 0 heterocycles. The topological polar surface area (TPSA) is 171 Å². The molecule has 16 heteroatoms. The number of rotatable bonds is 47. The molecule has 60 heavy (non-hydrogen) atoms. The second-order valence-corrected chi connectivity index (χ2v) is 20.9. The molecule has 0 rings (SSSR count). The molecular weight excluding hydrogens is 845 g/mol. The van der Waals surface area contributed by atoms with E-state index in [-0.39, 0.29) is 31.2 Å². The van der Waals surface area contributed by atoms with Crippen molar-refractivity contribution >= 4 is 73.0 Å². The molecule has 0 aliphatic heterocycles. The molecule has 0 bridgehead atoms. The van der Waals surface area contributed by atoms with Crippen LogP contribution in [0.3, 0.4) is 0 Å². The van der Waals surface area contributed by atoms with Gasteiger partial charge in [-0.2, -0.15) is 0 Å². The summed E-state index contributed by atoms with van der Waals surface area (Å²) >= 11 is 0. The van der Waals surface area contributed by atoms with E-state index < -0.39 is 37.0 Å². The third-order valence-electron chi connectivity index (χ3n) is 10.1. The molecule has 3 N–H and O–H groups in total. The van der Waals surface area contributed by atoms with Crippen molar-refractivity contribution in [1.29, 1.82) is 0 Å². The van der Waals surface area contributed by atoms with Crippen molar-refractivity contribution in [2.24, 2.45) is 0 Å². The van der Waals surface area contributed by atoms with Crippen LogP contribution < -0.4 is 0 Å². The number of aliphatic carboxylic acids is 3. The fourth-order valence-electron chi connectivity index (χ4n) is 6.65. The van der Waals surface area contributed by atoms with Gasteiger partial charge >= 0.3 is 29.8 Å². The number of ether oxygens (including phenoxy) is 2. The maximum absolute atomic E-state index is 12.6. The van der Waals surface area contributed by atoms with Crippen LogP contribution >= 0.6 is 43.2 Å². The zero-order chi connectivity index (χ0) is 44.3. The summed E-state index contributed by atoms with van der Waals surface area (Å²) in [6, 6.07) is -1.27. The van der Waals surface area contributed by atoms with Gasteiger partial charge in [0.2, 0.25) is 0 Å². The van der Waals surface area contributed by atoms with Crippen LogP contribution in [-0.4, -0.2) is 130 Å². The Morgan fingerprint density at radius 2 is 0.833 bits per heavy atom. The monoisotopic (exact) mass is 926 g/mol. The van der Waals surface area contributed by atoms with Gasteiger partial charge in [0.25, 0.3) is 0 Å². The average Bonchev–Trinajstić information content (AvgIpc) is 3.20. The van der Waals surface area contributed by atoms with Crippen LogP contribution in [0.15, 0.2) is 0 Å². The highest BCUT2D eigenvalue weighted by Gasteiger charge is 2.28. The molecule has 0 spiro atoms. The molecule has 0 aliphatic rings. The Morgan fingerprint density at radius 3 is 1.20 bits per heavy atom. The van der Waals surface area contributed by atoms with Crippen LogP contribution in [0.25, 0.3) is 0 Å². The highest BCUT2D eigenvalue weighted by molar-refractivity contribution is 8.77. The van der Waals surface area contributed by atoms with Crippen LogP contribution in [0, 0.1) is 0 Å². The number of esters is 2. The molecule has 12 nitrogen and oxygen atoms in total. The Kier molecular flexibility index (Phi) is 43.3. The first-order chi connectivity index (χ1) is 29.1. The zero-order valence-electron chi connectivity index (χ0n) is 37.3. The van der Waals surface area contributed by atoms with Gasteiger partial charge in [0.1, 0.15) is 19.3 Å². The maximum Gasteiger partial charge on any atom is 0.320 e. The summed E-state index contributed by atoms with van der Waals surface area (Å²) in [7, 11) is 7.08. The Hall–Kier alpha value is -1.33. The lowest BCUT2D eigenvalue weighted by molar-refractivity contribution is -0.150. The van der Waals surface area contributed by atoms with Crippen molar-refractivity contribution in [2.45, 2.75) is 180 Å². The molecule has 0 fully saturated rings. The van der Waals surface area contributed by atoms with Crippen molar-refractivity contribution < 1.29 is 48.8 Å². The molecule has 0 aromatic heterocycles. The predicted molar refractivity (Wildman–Crippen MR) is 253 cm³/mol. The number of carboxylic acids is 3. The second-order valence-electron chi connectivity index (χ2n) is 15.5. The second kappa shape index (κ2) is 44.3. The van der Waals surface area contributed by atoms with Crippen LogP contribution in [0.4, 0.5) is 0 Å². The van der Waals surface area contributed by atoms with Crippen molar-refractivity contribution in [2.75, 3.05) is 68.9 Å². The average molecular weight is 927 g/mol. The SMILES string of the molecule is CCCCCCCCCCCCSSCCOC(=O)CCN(CCCCC(C(=O)O)N(CC(=O)O)CC(=O)O)CCC(=O)OCCSSCCCCCCCCCCCC. The summed E-state index contributed by atoms with van der Waals surface area (Å²) in [5, 5.41) is 28.1. The lowest BCUT2D eigenvalue weighted by Gasteiger charge is -2.26. The van der Waals surface area contributed by atoms with Crippen molar-refractivity contribution in [3.63, 3.8) is 0 Å². The molecule has 352 valence electrons. The summed E-state index contributed by atoms with van der Waals surface area (Å²) in [6.07, 6.45) is 27.5. The summed E-state index contributed by atoms with van der Waals surface area (Å²) in [5.41, 5.74) is 0. The van der Waals surface area contributed by atoms with Gasteiger partial charge in [-0.1, -0.05) is 179 Å². The van der Waals surface area contributed by atoms with Crippen LogP contribution in [-0.2, 0) is 33.4 Å². The number of hydrogen-bond acceptors (Lipinski definition) is 13. The van der Waals surface area contributed by atoms with E-state index in [1.54, 1.807) is 21.6 Å². The van der Waals surface area contributed by atoms with Gasteiger partial charge in [-0.05, 0) is 32.2 Å². The molecule has 0 amide bonds. The van der Waals surface area contributed by atoms with Gasteiger partial charge in [0.05, 0.1) is 25.9 Å². The molecule has 0 radical (unpaired) electrons. The molecule has 0 saturated heterocycles. The van der Waals surface area contributed by atoms with Crippen molar-refractivity contribution in [1.82, 2.24) is 9.80 Å². The summed E-state index contributed by atoms with van der Waals surface area (Å²) < 4.78 is 10.9. The highest BCUT2D eigenvalue weighted by Crippen LogP contribution is 2.24. The largest absolute Gasteiger partial charge is 0.480 e. The van der Waals surface area contributed by atoms with Crippen molar-refractivity contribution in [3.8, 4) is 0 Å². The molecule has 1 unspecified atom stereocenters. The third kappa shape index (κ3) is 40.7. The number of carbonyl (C=O) groups is 5. The molecule has 1 atom stereocenters. The Bertz CT molecular complexity index is 1010. The number of unbranched alkanes of at least 4 members (excludes halogenated alkanes) is 19. The number of carbonyl (C=O) groups excluding carboxylic acids is 2. The quantitative estimate of drug-likeness (QED) is 0.0299. The van der Waals surface area contributed by atoms with E-state index >= 15 is 0 Å². The number of nitrogens with zero attached hydrogens (tertiary/aromatic N) is 2. The van der Waals surface area contributed by atoms with E-state index in [0.717, 1.165) is 16.4 Å². The molecule has 0 saturated carbocycles. The molecular formula is C44H82N2O10S4. The Labute approximate surface area is 379 Å². The first-order valence-electron chi connectivity index (χ1n) is 23.0. The lowest BCUT2D eigenvalue weighted by atomic mass is 10.1. The Balaban J connectivity index is 4.57. The minimum Gasteiger partial charge on any atom is -0.480 e. The summed E-state index contributed by atoms with van der Waals surface area (Å²) in [6.45, 7) is 4.91. The van der Waals surface area contributed by atoms with E-state index in [1.165, 1.54) is 128 Å². The fraction of sp³-hybridized carbons (Fsp3) is 0.886. The van der Waals surface area contributed by atoms with Crippen LogP contribution in [0.1, 0.15) is 174 Å². The highest BCUT2D eigenvalue weighted by atomic mass is 33.1. The normalized spacial score (nSPS) is 11.9. The molecule has 0 aliphatic carbocycles. The van der Waals surface area contributed by atoms with Gasteiger partial charge < -0.3 is 29.7 Å². The minimum atomic E-state index is -1.31. The summed E-state index contributed by atoms with van der Waals surface area (Å²) in [4.78, 5) is 62.6. The van der Waals surface area contributed by atoms with E-state index in [0.29, 0.717) is 57.2 Å². The fourth-order valence-corrected chi connectivity index (χ4v) is 10.6. The first kappa shape index (κ1) is 58.7. The smallest absolute Gasteiger partial charge is 0.320 e. The third-order valence-corrected chi connectivity index (χ3v) is 15.0. The minimum absolute atomic E-state index is 0.0531. The van der Waals surface area contributed by atoms with Gasteiger partial charge in [0, 0.05) is 36.1 Å². The van der Waals surface area contributed by atoms with Crippen LogP contribution in [0.2, 0.25) is 0 Å². The van der Waals surface area contributed by atoms with E-state index in [4.69, 9.17) is 9.47 Å². The van der Waals surface area contributed by atoms with Gasteiger partial charge in [0.15, 0.2) is 0 Å². The van der Waals surface area contributed by atoms with E-state index in [1.807, 2.05) is 26.5 Å².